The summed E-state index contributed by atoms with van der Waals surface area (Å²) in [6, 6.07) is 1.83. The largest absolute Gasteiger partial charge is 0.458 e. The van der Waals surface area contributed by atoms with Crippen molar-refractivity contribution in [3.05, 3.63) is 40.3 Å². The highest BCUT2D eigenvalue weighted by atomic mass is 79.9. The van der Waals surface area contributed by atoms with Gasteiger partial charge in [-0.2, -0.15) is 0 Å². The number of aromatic nitrogens is 1. The van der Waals surface area contributed by atoms with Gasteiger partial charge in [-0.05, 0) is 28.9 Å². The van der Waals surface area contributed by atoms with Crippen LogP contribution in [-0.4, -0.2) is 11.0 Å². The molecule has 1 aromatic rings. The number of carbonyl (C=O) groups is 1. The normalized spacial score (nSPS) is 11.2. The highest BCUT2D eigenvalue weighted by Gasteiger charge is 2.00. The van der Waals surface area contributed by atoms with Crippen LogP contribution in [0.15, 0.2) is 34.7 Å². The lowest BCUT2D eigenvalue weighted by molar-refractivity contribution is -0.139. The third-order valence-electron chi connectivity index (χ3n) is 1.49. The summed E-state index contributed by atoms with van der Waals surface area (Å²) in [5.74, 6) is -0.449. The molecule has 0 saturated heterocycles. The maximum absolute atomic E-state index is 11.1. The molecule has 0 aliphatic carbocycles. The van der Waals surface area contributed by atoms with Gasteiger partial charge in [-0.3, -0.25) is 4.98 Å². The Morgan fingerprint density at radius 1 is 1.67 bits per heavy atom. The van der Waals surface area contributed by atoms with Gasteiger partial charge in [-0.15, -0.1) is 0 Å². The molecule has 0 atom stereocenters. The van der Waals surface area contributed by atoms with E-state index in [0.29, 0.717) is 5.70 Å². The minimum atomic E-state index is -0.449. The Morgan fingerprint density at radius 2 is 2.40 bits per heavy atom. The Morgan fingerprint density at radius 3 is 3.00 bits per heavy atom. The van der Waals surface area contributed by atoms with Crippen molar-refractivity contribution in [2.24, 2.45) is 5.73 Å². The summed E-state index contributed by atoms with van der Waals surface area (Å²) < 4.78 is 5.79. The third kappa shape index (κ3) is 4.60. The molecule has 0 amide bonds. The molecule has 0 unspecified atom stereocenters. The van der Waals surface area contributed by atoms with Gasteiger partial charge in [0.25, 0.3) is 0 Å². The van der Waals surface area contributed by atoms with Crippen LogP contribution in [0, 0.1) is 0 Å². The molecule has 1 heterocycles. The summed E-state index contributed by atoms with van der Waals surface area (Å²) in [6.45, 7) is 1.82. The first-order valence-corrected chi connectivity index (χ1v) is 5.07. The van der Waals surface area contributed by atoms with Gasteiger partial charge in [0.1, 0.15) is 6.61 Å². The van der Waals surface area contributed by atoms with Gasteiger partial charge in [0, 0.05) is 34.2 Å². The SMILES string of the molecule is C/C(N)=C/C(=O)OCc1cncc(Br)c1. The smallest absolute Gasteiger partial charge is 0.332 e. The topological polar surface area (TPSA) is 65.2 Å². The summed E-state index contributed by atoms with van der Waals surface area (Å²) in [5.41, 5.74) is 6.57. The molecule has 1 aromatic heterocycles. The number of pyridine rings is 1. The number of hydrogen-bond acceptors (Lipinski definition) is 4. The zero-order valence-electron chi connectivity index (χ0n) is 8.24. The molecular weight excluding hydrogens is 260 g/mol. The van der Waals surface area contributed by atoms with E-state index in [1.165, 1.54) is 6.08 Å². The van der Waals surface area contributed by atoms with Crippen molar-refractivity contribution in [2.45, 2.75) is 13.5 Å². The highest BCUT2D eigenvalue weighted by Crippen LogP contribution is 2.10. The molecule has 0 aromatic carbocycles. The van der Waals surface area contributed by atoms with Gasteiger partial charge in [0.05, 0.1) is 0 Å². The van der Waals surface area contributed by atoms with Crippen LogP contribution in [0.4, 0.5) is 0 Å². The van der Waals surface area contributed by atoms with Crippen molar-refractivity contribution in [3.63, 3.8) is 0 Å². The maximum atomic E-state index is 11.1. The van der Waals surface area contributed by atoms with Gasteiger partial charge in [-0.1, -0.05) is 0 Å². The minimum absolute atomic E-state index is 0.190. The third-order valence-corrected chi connectivity index (χ3v) is 1.92. The van der Waals surface area contributed by atoms with Crippen LogP contribution < -0.4 is 5.73 Å². The summed E-state index contributed by atoms with van der Waals surface area (Å²) in [7, 11) is 0. The monoisotopic (exact) mass is 270 g/mol. The van der Waals surface area contributed by atoms with E-state index in [9.17, 15) is 4.79 Å². The lowest BCUT2D eigenvalue weighted by atomic mass is 10.3. The molecule has 0 fully saturated rings. The maximum Gasteiger partial charge on any atom is 0.332 e. The molecule has 15 heavy (non-hydrogen) atoms. The van der Waals surface area contributed by atoms with E-state index >= 15 is 0 Å². The van der Waals surface area contributed by atoms with E-state index in [0.717, 1.165) is 10.0 Å². The van der Waals surface area contributed by atoms with Crippen LogP contribution in [0.3, 0.4) is 0 Å². The molecule has 0 saturated carbocycles. The van der Waals surface area contributed by atoms with Crippen LogP contribution >= 0.6 is 15.9 Å². The van der Waals surface area contributed by atoms with Gasteiger partial charge in [0.2, 0.25) is 0 Å². The van der Waals surface area contributed by atoms with Crippen molar-refractivity contribution in [1.82, 2.24) is 4.98 Å². The number of allylic oxidation sites excluding steroid dienone is 1. The van der Waals surface area contributed by atoms with Gasteiger partial charge >= 0.3 is 5.97 Å². The van der Waals surface area contributed by atoms with Gasteiger partial charge in [0.15, 0.2) is 0 Å². The predicted molar refractivity (Wildman–Crippen MR) is 59.7 cm³/mol. The zero-order chi connectivity index (χ0) is 11.3. The number of nitrogens with zero attached hydrogens (tertiary/aromatic N) is 1. The van der Waals surface area contributed by atoms with Crippen LogP contribution in [0.1, 0.15) is 12.5 Å². The summed E-state index contributed by atoms with van der Waals surface area (Å²) in [6.07, 6.45) is 4.54. The zero-order valence-corrected chi connectivity index (χ0v) is 9.82. The van der Waals surface area contributed by atoms with E-state index in [1.54, 1.807) is 19.3 Å². The van der Waals surface area contributed by atoms with Crippen molar-refractivity contribution < 1.29 is 9.53 Å². The number of hydrogen-bond donors (Lipinski definition) is 1. The van der Waals surface area contributed by atoms with E-state index in [1.807, 2.05) is 6.07 Å². The van der Waals surface area contributed by atoms with Crippen LogP contribution in [0.25, 0.3) is 0 Å². The summed E-state index contributed by atoms with van der Waals surface area (Å²) in [5, 5.41) is 0. The lowest BCUT2D eigenvalue weighted by Gasteiger charge is -2.02. The summed E-state index contributed by atoms with van der Waals surface area (Å²) >= 11 is 3.27. The van der Waals surface area contributed by atoms with Crippen molar-refractivity contribution in [3.8, 4) is 0 Å². The van der Waals surface area contributed by atoms with Gasteiger partial charge in [-0.25, -0.2) is 4.79 Å². The fraction of sp³-hybridized carbons (Fsp3) is 0.200. The van der Waals surface area contributed by atoms with E-state index in [2.05, 4.69) is 20.9 Å². The number of rotatable bonds is 3. The Balaban J connectivity index is 2.51. The molecule has 1 rings (SSSR count). The molecule has 80 valence electrons. The Labute approximate surface area is 96.3 Å². The number of nitrogens with two attached hydrogens (primary N) is 1. The molecule has 0 radical (unpaired) electrons. The molecule has 4 nitrogen and oxygen atoms in total. The van der Waals surface area contributed by atoms with Gasteiger partial charge < -0.3 is 10.5 Å². The molecule has 2 N–H and O–H groups in total. The average Bonchev–Trinajstić information content (AvgIpc) is 2.14. The second-order valence-corrected chi connectivity index (χ2v) is 3.92. The van der Waals surface area contributed by atoms with Crippen LogP contribution in [0.2, 0.25) is 0 Å². The fourth-order valence-corrected chi connectivity index (χ4v) is 1.33. The Kier molecular flexibility index (Phi) is 4.30. The van der Waals surface area contributed by atoms with Crippen molar-refractivity contribution in [1.29, 1.82) is 0 Å². The Bertz CT molecular complexity index is 387. The standard InChI is InChI=1S/C10H11BrN2O2/c1-7(12)2-10(14)15-6-8-3-9(11)5-13-4-8/h2-5H,6,12H2,1H3/b7-2-. The number of carbonyl (C=O) groups excluding carboxylic acids is 1. The first-order chi connectivity index (χ1) is 7.08. The number of esters is 1. The first kappa shape index (κ1) is 11.7. The first-order valence-electron chi connectivity index (χ1n) is 4.28. The van der Waals surface area contributed by atoms with E-state index < -0.39 is 5.97 Å². The second kappa shape index (κ2) is 5.50. The molecule has 5 heteroatoms. The predicted octanol–water partition coefficient (Wildman–Crippen LogP) is 1.75. The number of halogens is 1. The highest BCUT2D eigenvalue weighted by molar-refractivity contribution is 9.10. The molecule has 0 aliphatic rings. The lowest BCUT2D eigenvalue weighted by Crippen LogP contribution is -2.04. The van der Waals surface area contributed by atoms with Crippen molar-refractivity contribution >= 4 is 21.9 Å². The van der Waals surface area contributed by atoms with E-state index in [4.69, 9.17) is 10.5 Å². The molecule has 0 spiro atoms. The van der Waals surface area contributed by atoms with E-state index in [-0.39, 0.29) is 6.61 Å². The van der Waals surface area contributed by atoms with Crippen molar-refractivity contribution in [2.75, 3.05) is 0 Å². The molecule has 0 bridgehead atoms. The quantitative estimate of drug-likeness (QED) is 0.672. The minimum Gasteiger partial charge on any atom is -0.458 e. The molecular formula is C10H11BrN2O2. The summed E-state index contributed by atoms with van der Waals surface area (Å²) in [4.78, 5) is 15.0. The average molecular weight is 271 g/mol. The second-order valence-electron chi connectivity index (χ2n) is 3.01. The van der Waals surface area contributed by atoms with Crippen LogP contribution in [0.5, 0.6) is 0 Å². The van der Waals surface area contributed by atoms with Crippen LogP contribution in [-0.2, 0) is 16.1 Å². The molecule has 0 aliphatic heterocycles. The fourth-order valence-electron chi connectivity index (χ4n) is 0.917. The Hall–Kier alpha value is -1.36. The number of ether oxygens (including phenoxy) is 1.